The summed E-state index contributed by atoms with van der Waals surface area (Å²) >= 11 is 0. The van der Waals surface area contributed by atoms with Crippen LogP contribution in [0.2, 0.25) is 0 Å². The van der Waals surface area contributed by atoms with Crippen molar-refractivity contribution < 1.29 is 13.9 Å². The summed E-state index contributed by atoms with van der Waals surface area (Å²) in [7, 11) is 0. The number of benzene rings is 2. The molecule has 5 nitrogen and oxygen atoms in total. The first-order chi connectivity index (χ1) is 11.7. The van der Waals surface area contributed by atoms with Gasteiger partial charge in [0.15, 0.2) is 0 Å². The van der Waals surface area contributed by atoms with Crippen molar-refractivity contribution in [2.45, 2.75) is 5.92 Å². The molecule has 2 aromatic rings. The highest BCUT2D eigenvalue weighted by Crippen LogP contribution is 2.33. The van der Waals surface area contributed by atoms with E-state index in [-0.39, 0.29) is 17.4 Å². The lowest BCUT2D eigenvalue weighted by molar-refractivity contribution is -0.122. The summed E-state index contributed by atoms with van der Waals surface area (Å²) in [5.74, 6) is -0.244. The Hall–Kier alpha value is -3.07. The molecule has 2 aromatic carbocycles. The molecule has 0 unspecified atom stereocenters. The molecule has 1 atom stereocenters. The third kappa shape index (κ3) is 3.15. The van der Waals surface area contributed by atoms with Crippen molar-refractivity contribution >= 4 is 11.6 Å². The van der Waals surface area contributed by atoms with Gasteiger partial charge in [-0.1, -0.05) is 24.3 Å². The molecule has 0 saturated carbocycles. The van der Waals surface area contributed by atoms with Crippen LogP contribution in [0.4, 0.5) is 10.1 Å². The average Bonchev–Trinajstić information content (AvgIpc) is 3.03. The van der Waals surface area contributed by atoms with Crippen LogP contribution in [0.1, 0.15) is 17.0 Å². The van der Waals surface area contributed by atoms with Crippen LogP contribution in [-0.2, 0) is 4.79 Å². The van der Waals surface area contributed by atoms with E-state index >= 15 is 0 Å². The van der Waals surface area contributed by atoms with Crippen molar-refractivity contribution in [3.63, 3.8) is 0 Å². The number of carbonyl (C=O) groups is 1. The van der Waals surface area contributed by atoms with Gasteiger partial charge >= 0.3 is 0 Å². The molecule has 1 aliphatic rings. The van der Waals surface area contributed by atoms with Crippen LogP contribution in [0, 0.1) is 17.1 Å². The molecule has 0 radical (unpaired) electrons. The van der Waals surface area contributed by atoms with Crippen LogP contribution < -0.4 is 15.4 Å². The van der Waals surface area contributed by atoms with E-state index in [0.29, 0.717) is 25.4 Å². The van der Waals surface area contributed by atoms with E-state index in [4.69, 9.17) is 10.00 Å². The number of rotatable bonds is 5. The van der Waals surface area contributed by atoms with E-state index in [9.17, 15) is 9.18 Å². The number of hydrogen-bond acceptors (Lipinski definition) is 4. The molecule has 3 rings (SSSR count). The normalized spacial score (nSPS) is 15.1. The predicted octanol–water partition coefficient (Wildman–Crippen LogP) is 2.40. The Labute approximate surface area is 139 Å². The van der Waals surface area contributed by atoms with E-state index < -0.39 is 5.82 Å². The van der Waals surface area contributed by atoms with Crippen LogP contribution in [0.25, 0.3) is 0 Å². The number of nitriles is 1. The highest BCUT2D eigenvalue weighted by molar-refractivity contribution is 5.85. The Morgan fingerprint density at radius 2 is 2.08 bits per heavy atom. The summed E-state index contributed by atoms with van der Waals surface area (Å²) < 4.78 is 19.0. The molecule has 1 heterocycles. The lowest BCUT2D eigenvalue weighted by atomic mass is 10.0. The molecule has 1 aliphatic heterocycles. The third-order valence-corrected chi connectivity index (χ3v) is 3.88. The number of halogens is 1. The van der Waals surface area contributed by atoms with Crippen LogP contribution in [0.3, 0.4) is 0 Å². The van der Waals surface area contributed by atoms with Gasteiger partial charge in [-0.25, -0.2) is 4.39 Å². The Morgan fingerprint density at radius 3 is 2.92 bits per heavy atom. The number of carbonyl (C=O) groups excluding carboxylic acids is 1. The fourth-order valence-corrected chi connectivity index (χ4v) is 2.67. The van der Waals surface area contributed by atoms with Crippen molar-refractivity contribution in [2.75, 3.05) is 25.0 Å². The molecule has 2 N–H and O–H groups in total. The highest BCUT2D eigenvalue weighted by Gasteiger charge is 2.29. The Kier molecular flexibility index (Phi) is 4.62. The van der Waals surface area contributed by atoms with Crippen LogP contribution in [-0.4, -0.2) is 25.6 Å². The number of anilines is 1. The number of hydrogen-bond donors (Lipinski definition) is 2. The zero-order valence-corrected chi connectivity index (χ0v) is 12.9. The predicted molar refractivity (Wildman–Crippen MR) is 87.3 cm³/mol. The van der Waals surface area contributed by atoms with Crippen LogP contribution in [0.15, 0.2) is 42.5 Å². The van der Waals surface area contributed by atoms with Gasteiger partial charge in [0.1, 0.15) is 35.7 Å². The number of nitrogens with zero attached hydrogens (tertiary/aromatic N) is 1. The molecule has 0 aliphatic carbocycles. The van der Waals surface area contributed by atoms with E-state index in [1.165, 1.54) is 12.1 Å². The Bertz CT molecular complexity index is 801. The standard InChI is InChI=1S/C18H16FN3O2/c19-15-5-3-6-16(13(15)10-20)21-8-9-22-18(23)14-11-24-17-7-2-1-4-12(14)17/h1-7,14,21H,8-9,11H2,(H,22,23)/t14-/m1/s1. The fourth-order valence-electron chi connectivity index (χ4n) is 2.67. The summed E-state index contributed by atoms with van der Waals surface area (Å²) in [5.41, 5.74) is 1.28. The summed E-state index contributed by atoms with van der Waals surface area (Å²) in [6.45, 7) is 1.08. The zero-order chi connectivity index (χ0) is 16.9. The minimum absolute atomic E-state index is 0.0260. The van der Waals surface area contributed by atoms with Crippen LogP contribution >= 0.6 is 0 Å². The second-order valence-corrected chi connectivity index (χ2v) is 5.39. The lowest BCUT2D eigenvalue weighted by Crippen LogP contribution is -2.33. The maximum atomic E-state index is 13.5. The second-order valence-electron chi connectivity index (χ2n) is 5.39. The van der Waals surface area contributed by atoms with Crippen molar-refractivity contribution in [2.24, 2.45) is 0 Å². The van der Waals surface area contributed by atoms with Crippen molar-refractivity contribution in [3.8, 4) is 11.8 Å². The topological polar surface area (TPSA) is 74.2 Å². The van der Waals surface area contributed by atoms with Gasteiger partial charge in [-0.2, -0.15) is 5.26 Å². The molecule has 0 fully saturated rings. The van der Waals surface area contributed by atoms with E-state index in [0.717, 1.165) is 11.3 Å². The van der Waals surface area contributed by atoms with Crippen LogP contribution in [0.5, 0.6) is 5.75 Å². The average molecular weight is 325 g/mol. The van der Waals surface area contributed by atoms with Gasteiger partial charge in [0.05, 0.1) is 5.69 Å². The number of ether oxygens (including phenoxy) is 1. The van der Waals surface area contributed by atoms with Gasteiger partial charge in [0.2, 0.25) is 5.91 Å². The maximum Gasteiger partial charge on any atom is 0.231 e. The molecule has 6 heteroatoms. The van der Waals surface area contributed by atoms with Gasteiger partial charge in [-0.15, -0.1) is 0 Å². The van der Waals surface area contributed by atoms with Gasteiger partial charge in [-0.05, 0) is 18.2 Å². The summed E-state index contributed by atoms with van der Waals surface area (Å²) in [5, 5.41) is 14.8. The van der Waals surface area contributed by atoms with Gasteiger partial charge in [0, 0.05) is 18.7 Å². The minimum atomic E-state index is -0.564. The zero-order valence-electron chi connectivity index (χ0n) is 12.9. The maximum absolute atomic E-state index is 13.5. The summed E-state index contributed by atoms with van der Waals surface area (Å²) in [6, 6.07) is 13.7. The largest absolute Gasteiger partial charge is 0.492 e. The van der Waals surface area contributed by atoms with Gasteiger partial charge in [-0.3, -0.25) is 4.79 Å². The Balaban J connectivity index is 1.52. The lowest BCUT2D eigenvalue weighted by Gasteiger charge is -2.12. The van der Waals surface area contributed by atoms with Crippen molar-refractivity contribution in [1.29, 1.82) is 5.26 Å². The number of para-hydroxylation sites is 1. The number of amides is 1. The quantitative estimate of drug-likeness (QED) is 0.828. The second kappa shape index (κ2) is 7.01. The summed E-state index contributed by atoms with van der Waals surface area (Å²) in [6.07, 6.45) is 0. The minimum Gasteiger partial charge on any atom is -0.492 e. The van der Waals surface area contributed by atoms with Crippen molar-refractivity contribution in [1.82, 2.24) is 5.32 Å². The molecule has 1 amide bonds. The monoisotopic (exact) mass is 325 g/mol. The van der Waals surface area contributed by atoms with Gasteiger partial charge in [0.25, 0.3) is 0 Å². The fraction of sp³-hybridized carbons (Fsp3) is 0.222. The highest BCUT2D eigenvalue weighted by atomic mass is 19.1. The van der Waals surface area contributed by atoms with Crippen molar-refractivity contribution in [3.05, 3.63) is 59.4 Å². The summed E-state index contributed by atoms with van der Waals surface area (Å²) in [4.78, 5) is 12.3. The molecule has 0 saturated heterocycles. The number of fused-ring (bicyclic) bond motifs is 1. The molecule has 0 aromatic heterocycles. The molecular formula is C18H16FN3O2. The smallest absolute Gasteiger partial charge is 0.231 e. The first-order valence-corrected chi connectivity index (χ1v) is 7.62. The molecule has 0 spiro atoms. The number of nitrogens with one attached hydrogen (secondary N) is 2. The molecule has 122 valence electrons. The molecular weight excluding hydrogens is 309 g/mol. The first kappa shape index (κ1) is 15.8. The van der Waals surface area contributed by atoms with E-state index in [2.05, 4.69) is 10.6 Å². The van der Waals surface area contributed by atoms with E-state index in [1.807, 2.05) is 30.3 Å². The van der Waals surface area contributed by atoms with E-state index in [1.54, 1.807) is 6.07 Å². The molecule has 0 bridgehead atoms. The Morgan fingerprint density at radius 1 is 1.25 bits per heavy atom. The first-order valence-electron chi connectivity index (χ1n) is 7.62. The third-order valence-electron chi connectivity index (χ3n) is 3.88. The molecule has 24 heavy (non-hydrogen) atoms. The SMILES string of the molecule is N#Cc1c(F)cccc1NCCNC(=O)[C@@H]1COc2ccccc21. The van der Waals surface area contributed by atoms with Gasteiger partial charge < -0.3 is 15.4 Å².